The van der Waals surface area contributed by atoms with Crippen LogP contribution >= 0.6 is 0 Å². The second kappa shape index (κ2) is 7.19. The fourth-order valence-electron chi connectivity index (χ4n) is 1.80. The fourth-order valence-corrected chi connectivity index (χ4v) is 1.80. The molecule has 0 aliphatic rings. The summed E-state index contributed by atoms with van der Waals surface area (Å²) >= 11 is 0. The third-order valence-electron chi connectivity index (χ3n) is 3.35. The number of hydrogen-bond acceptors (Lipinski definition) is 3. The molecule has 1 heterocycles. The van der Waals surface area contributed by atoms with Crippen LogP contribution in [0.15, 0.2) is 22.8 Å². The van der Waals surface area contributed by atoms with Crippen LogP contribution in [-0.2, 0) is 5.60 Å². The molecule has 2 amide bonds. The van der Waals surface area contributed by atoms with Gasteiger partial charge in [-0.1, -0.05) is 26.7 Å². The molecule has 0 saturated carbocycles. The van der Waals surface area contributed by atoms with Crippen molar-refractivity contribution in [3.05, 3.63) is 24.2 Å². The summed E-state index contributed by atoms with van der Waals surface area (Å²) in [7, 11) is 0. The van der Waals surface area contributed by atoms with Crippen molar-refractivity contribution in [3.8, 4) is 0 Å². The van der Waals surface area contributed by atoms with Gasteiger partial charge in [-0.15, -0.1) is 0 Å². The van der Waals surface area contributed by atoms with Crippen LogP contribution in [0, 0.1) is 5.92 Å². The Bertz CT molecular complexity index is 370. The Morgan fingerprint density at radius 3 is 2.63 bits per heavy atom. The Hall–Kier alpha value is -1.49. The van der Waals surface area contributed by atoms with E-state index in [0.29, 0.717) is 18.2 Å². The summed E-state index contributed by atoms with van der Waals surface area (Å²) in [5, 5.41) is 15.6. The van der Waals surface area contributed by atoms with E-state index in [1.165, 1.54) is 6.26 Å². The van der Waals surface area contributed by atoms with Gasteiger partial charge in [0.15, 0.2) is 0 Å². The van der Waals surface area contributed by atoms with Gasteiger partial charge in [-0.25, -0.2) is 4.79 Å². The summed E-state index contributed by atoms with van der Waals surface area (Å²) in [5.74, 6) is 0.934. The molecule has 0 bridgehead atoms. The number of carbonyl (C=O) groups excluding carboxylic acids is 1. The van der Waals surface area contributed by atoms with Crippen LogP contribution in [0.2, 0.25) is 0 Å². The third-order valence-corrected chi connectivity index (χ3v) is 3.35. The van der Waals surface area contributed by atoms with Gasteiger partial charge in [-0.2, -0.15) is 0 Å². The number of rotatable bonds is 7. The maximum atomic E-state index is 11.6. The van der Waals surface area contributed by atoms with Crippen molar-refractivity contribution >= 4 is 6.03 Å². The highest BCUT2D eigenvalue weighted by atomic mass is 16.4. The number of hydrogen-bond donors (Lipinski definition) is 3. The highest BCUT2D eigenvalue weighted by Crippen LogP contribution is 2.19. The maximum absolute atomic E-state index is 11.6. The lowest BCUT2D eigenvalue weighted by Crippen LogP contribution is -2.44. The van der Waals surface area contributed by atoms with Gasteiger partial charge in [0.05, 0.1) is 12.8 Å². The molecule has 108 valence electrons. The number of amides is 2. The molecular weight excluding hydrogens is 244 g/mol. The average molecular weight is 268 g/mol. The smallest absolute Gasteiger partial charge is 0.314 e. The van der Waals surface area contributed by atoms with Gasteiger partial charge in [0.25, 0.3) is 0 Å². The lowest BCUT2D eigenvalue weighted by molar-refractivity contribution is 0.0367. The van der Waals surface area contributed by atoms with Crippen LogP contribution in [0.1, 0.15) is 39.4 Å². The predicted molar refractivity (Wildman–Crippen MR) is 73.8 cm³/mol. The highest BCUT2D eigenvalue weighted by molar-refractivity contribution is 5.73. The van der Waals surface area contributed by atoms with Crippen LogP contribution in [0.3, 0.4) is 0 Å². The fraction of sp³-hybridized carbons (Fsp3) is 0.643. The zero-order chi connectivity index (χ0) is 14.3. The molecule has 19 heavy (non-hydrogen) atoms. The largest absolute Gasteiger partial charge is 0.466 e. The van der Waals surface area contributed by atoms with E-state index in [4.69, 9.17) is 4.42 Å². The molecule has 0 radical (unpaired) electrons. The summed E-state index contributed by atoms with van der Waals surface area (Å²) in [6.07, 6.45) is 3.58. The first-order valence-corrected chi connectivity index (χ1v) is 6.77. The molecule has 1 aromatic rings. The predicted octanol–water partition coefficient (Wildman–Crippen LogP) is 2.22. The molecule has 3 N–H and O–H groups in total. The second-order valence-electron chi connectivity index (χ2n) is 5.00. The van der Waals surface area contributed by atoms with Crippen molar-refractivity contribution in [3.63, 3.8) is 0 Å². The molecule has 1 rings (SSSR count). The molecule has 0 aromatic carbocycles. The third kappa shape index (κ3) is 4.95. The van der Waals surface area contributed by atoms with Gasteiger partial charge in [-0.3, -0.25) is 0 Å². The lowest BCUT2D eigenvalue weighted by Gasteiger charge is -2.21. The van der Waals surface area contributed by atoms with Gasteiger partial charge in [0, 0.05) is 6.54 Å². The molecular formula is C14H24N2O3. The van der Waals surface area contributed by atoms with Gasteiger partial charge in [0.1, 0.15) is 11.4 Å². The van der Waals surface area contributed by atoms with Gasteiger partial charge in [-0.05, 0) is 25.0 Å². The Morgan fingerprint density at radius 1 is 1.42 bits per heavy atom. The highest BCUT2D eigenvalue weighted by Gasteiger charge is 2.26. The summed E-state index contributed by atoms with van der Waals surface area (Å²) in [4.78, 5) is 11.6. The van der Waals surface area contributed by atoms with E-state index < -0.39 is 5.60 Å². The monoisotopic (exact) mass is 268 g/mol. The Morgan fingerprint density at radius 2 is 2.11 bits per heavy atom. The molecule has 1 atom stereocenters. The first-order valence-electron chi connectivity index (χ1n) is 6.77. The van der Waals surface area contributed by atoms with Crippen LogP contribution in [-0.4, -0.2) is 24.2 Å². The van der Waals surface area contributed by atoms with E-state index in [1.807, 2.05) is 0 Å². The number of carbonyl (C=O) groups is 1. The number of furan rings is 1. The topological polar surface area (TPSA) is 74.5 Å². The van der Waals surface area contributed by atoms with Crippen LogP contribution in [0.4, 0.5) is 4.79 Å². The minimum absolute atomic E-state index is 0.106. The minimum Gasteiger partial charge on any atom is -0.466 e. The normalized spacial score (nSPS) is 14.2. The standard InChI is InChI=1S/C14H24N2O3/c1-4-11(5-2)9-15-13(17)16-10-14(3,18)12-7-6-8-19-12/h6-8,11,18H,4-5,9-10H2,1-3H3,(H2,15,16,17). The van der Waals surface area contributed by atoms with Crippen molar-refractivity contribution in [2.24, 2.45) is 5.92 Å². The van der Waals surface area contributed by atoms with E-state index in [1.54, 1.807) is 19.1 Å². The summed E-state index contributed by atoms with van der Waals surface area (Å²) in [5.41, 5.74) is -1.20. The van der Waals surface area contributed by atoms with Crippen LogP contribution < -0.4 is 10.6 Å². The molecule has 0 saturated heterocycles. The molecule has 0 aliphatic carbocycles. The van der Waals surface area contributed by atoms with Crippen LogP contribution in [0.25, 0.3) is 0 Å². The Balaban J connectivity index is 2.34. The van der Waals surface area contributed by atoms with Gasteiger partial charge >= 0.3 is 6.03 Å². The van der Waals surface area contributed by atoms with Crippen molar-refractivity contribution in [2.45, 2.75) is 39.2 Å². The molecule has 5 nitrogen and oxygen atoms in total. The van der Waals surface area contributed by atoms with Crippen molar-refractivity contribution in [1.29, 1.82) is 0 Å². The maximum Gasteiger partial charge on any atom is 0.314 e. The van der Waals surface area contributed by atoms with E-state index in [0.717, 1.165) is 12.8 Å². The molecule has 0 aliphatic heterocycles. The van der Waals surface area contributed by atoms with Crippen molar-refractivity contribution in [2.75, 3.05) is 13.1 Å². The van der Waals surface area contributed by atoms with Crippen molar-refractivity contribution < 1.29 is 14.3 Å². The zero-order valence-corrected chi connectivity index (χ0v) is 11.9. The molecule has 0 spiro atoms. The molecule has 1 unspecified atom stereocenters. The summed E-state index contributed by atoms with van der Waals surface area (Å²) < 4.78 is 5.14. The number of urea groups is 1. The molecule has 5 heteroatoms. The van der Waals surface area contributed by atoms with E-state index in [9.17, 15) is 9.90 Å². The lowest BCUT2D eigenvalue weighted by atomic mass is 10.0. The van der Waals surface area contributed by atoms with E-state index in [2.05, 4.69) is 24.5 Å². The van der Waals surface area contributed by atoms with E-state index >= 15 is 0 Å². The van der Waals surface area contributed by atoms with Gasteiger partial charge in [0.2, 0.25) is 0 Å². The number of aliphatic hydroxyl groups is 1. The van der Waals surface area contributed by atoms with Gasteiger partial charge < -0.3 is 20.2 Å². The van der Waals surface area contributed by atoms with Crippen LogP contribution in [0.5, 0.6) is 0 Å². The first-order chi connectivity index (χ1) is 8.99. The molecule has 0 fully saturated rings. The zero-order valence-electron chi connectivity index (χ0n) is 11.9. The summed E-state index contributed by atoms with van der Waals surface area (Å²) in [6.45, 7) is 6.58. The average Bonchev–Trinajstić information content (AvgIpc) is 2.92. The SMILES string of the molecule is CCC(CC)CNC(=O)NCC(C)(O)c1ccco1. The minimum atomic E-state index is -1.20. The molecule has 1 aromatic heterocycles. The number of nitrogens with one attached hydrogen (secondary N) is 2. The Labute approximate surface area is 114 Å². The Kier molecular flexibility index (Phi) is 5.89. The van der Waals surface area contributed by atoms with Crippen molar-refractivity contribution in [1.82, 2.24) is 10.6 Å². The second-order valence-corrected chi connectivity index (χ2v) is 5.00. The van der Waals surface area contributed by atoms with E-state index in [-0.39, 0.29) is 12.6 Å². The quantitative estimate of drug-likeness (QED) is 0.710. The first kappa shape index (κ1) is 15.6. The summed E-state index contributed by atoms with van der Waals surface area (Å²) in [6, 6.07) is 3.12.